The fourth-order valence-electron chi connectivity index (χ4n) is 3.25. The molecule has 0 N–H and O–H groups in total. The van der Waals surface area contributed by atoms with Gasteiger partial charge in [-0.25, -0.2) is 9.78 Å². The number of carbonyl (C=O) groups is 1. The van der Waals surface area contributed by atoms with Crippen molar-refractivity contribution < 1.29 is 14.5 Å². The molecule has 0 aliphatic carbocycles. The van der Waals surface area contributed by atoms with Gasteiger partial charge in [-0.15, -0.1) is 0 Å². The maximum atomic E-state index is 12.5. The van der Waals surface area contributed by atoms with E-state index >= 15 is 0 Å². The summed E-state index contributed by atoms with van der Waals surface area (Å²) in [5.74, 6) is 0.0929. The highest BCUT2D eigenvalue weighted by Gasteiger charge is 2.18. The third-order valence-electron chi connectivity index (χ3n) is 4.60. The molecule has 0 bridgehead atoms. The van der Waals surface area contributed by atoms with Gasteiger partial charge in [-0.2, -0.15) is 0 Å². The van der Waals surface area contributed by atoms with Crippen molar-refractivity contribution in [3.63, 3.8) is 0 Å². The average Bonchev–Trinajstić information content (AvgIpc) is 3.14. The molecule has 0 saturated carbocycles. The number of nitro groups is 1. The number of benzene rings is 2. The Morgan fingerprint density at radius 3 is 2.89 bits per heavy atom. The number of hydrogen-bond donors (Lipinski definition) is 0. The highest BCUT2D eigenvalue weighted by Crippen LogP contribution is 2.20. The van der Waals surface area contributed by atoms with Crippen LogP contribution in [0.4, 0.5) is 5.69 Å². The van der Waals surface area contributed by atoms with E-state index in [1.807, 2.05) is 0 Å². The van der Waals surface area contributed by atoms with Crippen molar-refractivity contribution in [1.82, 2.24) is 9.55 Å². The van der Waals surface area contributed by atoms with E-state index < -0.39 is 10.9 Å². The van der Waals surface area contributed by atoms with Crippen LogP contribution >= 0.6 is 0 Å². The molecule has 0 radical (unpaired) electrons. The van der Waals surface area contributed by atoms with Gasteiger partial charge in [0.1, 0.15) is 12.4 Å². The topological polar surface area (TPSA) is 104 Å². The summed E-state index contributed by atoms with van der Waals surface area (Å²) in [4.78, 5) is 39.8. The minimum Gasteiger partial charge on any atom is -0.457 e. The van der Waals surface area contributed by atoms with Gasteiger partial charge in [0.05, 0.1) is 27.0 Å². The first-order valence-electron chi connectivity index (χ1n) is 8.47. The normalized spacial score (nSPS) is 12.7. The summed E-state index contributed by atoms with van der Waals surface area (Å²) in [6.45, 7) is 0.449. The van der Waals surface area contributed by atoms with Crippen LogP contribution in [0.3, 0.4) is 0 Å². The Morgan fingerprint density at radius 2 is 2.07 bits per heavy atom. The Kier molecular flexibility index (Phi) is 4.15. The number of carbonyl (C=O) groups excluding carboxylic acids is 1. The lowest BCUT2D eigenvalue weighted by Crippen LogP contribution is -2.21. The maximum Gasteiger partial charge on any atom is 0.338 e. The third-order valence-corrected chi connectivity index (χ3v) is 4.60. The molecule has 1 aliphatic heterocycles. The van der Waals surface area contributed by atoms with Crippen molar-refractivity contribution in [2.45, 2.75) is 26.0 Å². The van der Waals surface area contributed by atoms with Crippen LogP contribution in [0.5, 0.6) is 0 Å². The minimum absolute atomic E-state index is 0.103. The van der Waals surface area contributed by atoms with Gasteiger partial charge in [0.25, 0.3) is 11.2 Å². The van der Waals surface area contributed by atoms with E-state index in [0.29, 0.717) is 23.0 Å². The molecule has 27 heavy (non-hydrogen) atoms. The van der Waals surface area contributed by atoms with E-state index in [4.69, 9.17) is 4.74 Å². The molecule has 0 spiro atoms. The lowest BCUT2D eigenvalue weighted by molar-refractivity contribution is -0.385. The van der Waals surface area contributed by atoms with E-state index in [-0.39, 0.29) is 23.4 Å². The number of aryl methyl sites for hydroxylation is 1. The second-order valence-corrected chi connectivity index (χ2v) is 6.28. The van der Waals surface area contributed by atoms with E-state index in [2.05, 4.69) is 4.98 Å². The van der Waals surface area contributed by atoms with Crippen LogP contribution in [0.25, 0.3) is 10.9 Å². The standard InChI is InChI=1S/C19H15N3O5/c23-18-14-8-7-12(10-15(14)20-17-6-3-9-21(17)18)19(24)27-11-13-4-1-2-5-16(13)22(25)26/h1-2,4-5,7-8,10H,3,6,9,11H2. The summed E-state index contributed by atoms with van der Waals surface area (Å²) >= 11 is 0. The number of para-hydroxylation sites is 1. The molecular weight excluding hydrogens is 350 g/mol. The molecule has 136 valence electrons. The van der Waals surface area contributed by atoms with Crippen LogP contribution in [0.15, 0.2) is 47.3 Å². The highest BCUT2D eigenvalue weighted by molar-refractivity contribution is 5.94. The summed E-state index contributed by atoms with van der Waals surface area (Å²) < 4.78 is 6.88. The molecule has 0 unspecified atom stereocenters. The summed E-state index contributed by atoms with van der Waals surface area (Å²) in [5, 5.41) is 11.5. The Hall–Kier alpha value is -3.55. The fraction of sp³-hybridized carbons (Fsp3) is 0.211. The Labute approximate surface area is 153 Å². The third kappa shape index (κ3) is 3.05. The molecule has 0 amide bonds. The van der Waals surface area contributed by atoms with Crippen LogP contribution in [0.2, 0.25) is 0 Å². The zero-order chi connectivity index (χ0) is 19.0. The predicted octanol–water partition coefficient (Wildman–Crippen LogP) is 2.61. The van der Waals surface area contributed by atoms with Crippen LogP contribution in [0, 0.1) is 10.1 Å². The van der Waals surface area contributed by atoms with E-state index in [0.717, 1.165) is 18.7 Å². The number of rotatable bonds is 4. The molecule has 3 aromatic rings. The molecule has 2 aromatic carbocycles. The number of aromatic nitrogens is 2. The SMILES string of the molecule is O=C(OCc1ccccc1[N+](=O)[O-])c1ccc2c(=O)n3c(nc2c1)CCC3. The van der Waals surface area contributed by atoms with Gasteiger partial charge in [-0.1, -0.05) is 12.1 Å². The highest BCUT2D eigenvalue weighted by atomic mass is 16.6. The van der Waals surface area contributed by atoms with E-state index in [1.165, 1.54) is 24.3 Å². The largest absolute Gasteiger partial charge is 0.457 e. The molecule has 8 nitrogen and oxygen atoms in total. The fourth-order valence-corrected chi connectivity index (χ4v) is 3.25. The molecule has 8 heteroatoms. The predicted molar refractivity (Wildman–Crippen MR) is 96.5 cm³/mol. The minimum atomic E-state index is -0.627. The van der Waals surface area contributed by atoms with Gasteiger partial charge in [0, 0.05) is 19.0 Å². The van der Waals surface area contributed by atoms with Crippen LogP contribution in [0.1, 0.15) is 28.2 Å². The Morgan fingerprint density at radius 1 is 1.26 bits per heavy atom. The van der Waals surface area contributed by atoms with Gasteiger partial charge >= 0.3 is 5.97 Å². The van der Waals surface area contributed by atoms with Crippen molar-refractivity contribution in [1.29, 1.82) is 0 Å². The molecular formula is C19H15N3O5. The summed E-state index contributed by atoms with van der Waals surface area (Å²) in [7, 11) is 0. The molecule has 4 rings (SSSR count). The molecule has 0 atom stereocenters. The molecule has 1 aromatic heterocycles. The zero-order valence-corrected chi connectivity index (χ0v) is 14.3. The van der Waals surface area contributed by atoms with Gasteiger partial charge in [0.15, 0.2) is 0 Å². The number of nitro benzene ring substituents is 1. The first-order chi connectivity index (χ1) is 13.0. The van der Waals surface area contributed by atoms with Crippen molar-refractivity contribution in [2.75, 3.05) is 0 Å². The van der Waals surface area contributed by atoms with Gasteiger partial charge in [0.2, 0.25) is 0 Å². The van der Waals surface area contributed by atoms with Crippen molar-refractivity contribution in [3.05, 3.63) is 79.9 Å². The summed E-state index contributed by atoms with van der Waals surface area (Å²) in [6.07, 6.45) is 1.61. The quantitative estimate of drug-likeness (QED) is 0.400. The van der Waals surface area contributed by atoms with Crippen molar-refractivity contribution in [3.8, 4) is 0 Å². The summed E-state index contributed by atoms with van der Waals surface area (Å²) in [6, 6.07) is 10.7. The number of hydrogen-bond acceptors (Lipinski definition) is 6. The number of fused-ring (bicyclic) bond motifs is 2. The van der Waals surface area contributed by atoms with Crippen molar-refractivity contribution in [2.24, 2.45) is 0 Å². The maximum absolute atomic E-state index is 12.5. The van der Waals surface area contributed by atoms with E-state index in [9.17, 15) is 19.7 Å². The second-order valence-electron chi connectivity index (χ2n) is 6.28. The van der Waals surface area contributed by atoms with Gasteiger partial charge in [-0.3, -0.25) is 19.5 Å². The Balaban J connectivity index is 1.59. The smallest absolute Gasteiger partial charge is 0.338 e. The molecule has 2 heterocycles. The van der Waals surface area contributed by atoms with Gasteiger partial charge < -0.3 is 4.74 Å². The average molecular weight is 365 g/mol. The van der Waals surface area contributed by atoms with E-state index in [1.54, 1.807) is 22.8 Å². The molecule has 0 saturated heterocycles. The van der Waals surface area contributed by atoms with Crippen LogP contribution < -0.4 is 5.56 Å². The lowest BCUT2D eigenvalue weighted by atomic mass is 10.1. The van der Waals surface area contributed by atoms with Crippen LogP contribution in [-0.4, -0.2) is 20.4 Å². The molecule has 0 fully saturated rings. The second kappa shape index (κ2) is 6.64. The lowest BCUT2D eigenvalue weighted by Gasteiger charge is -2.08. The summed E-state index contributed by atoms with van der Waals surface area (Å²) in [5.41, 5.74) is 0.802. The molecule has 1 aliphatic rings. The first kappa shape index (κ1) is 16.9. The van der Waals surface area contributed by atoms with Crippen LogP contribution in [-0.2, 0) is 24.3 Å². The number of ether oxygens (including phenoxy) is 1. The first-order valence-corrected chi connectivity index (χ1v) is 8.47. The number of nitrogens with zero attached hydrogens (tertiary/aromatic N) is 3. The number of esters is 1. The zero-order valence-electron chi connectivity index (χ0n) is 14.3. The van der Waals surface area contributed by atoms with Crippen molar-refractivity contribution >= 4 is 22.6 Å². The monoisotopic (exact) mass is 365 g/mol. The Bertz CT molecular complexity index is 1140. The van der Waals surface area contributed by atoms with Gasteiger partial charge in [-0.05, 0) is 30.7 Å².